The SMILES string of the molecule is C=CC(=O)Nc1cccc(CC(=O)NCC2COC(C)(C)C2)c1. The Morgan fingerprint density at radius 2 is 2.22 bits per heavy atom. The molecule has 2 rings (SSSR count). The molecule has 5 heteroatoms. The molecule has 124 valence electrons. The van der Waals surface area contributed by atoms with Crippen LogP contribution in [0.5, 0.6) is 0 Å². The number of carbonyl (C=O) groups excluding carboxylic acids is 2. The second kappa shape index (κ2) is 7.42. The van der Waals surface area contributed by atoms with E-state index in [-0.39, 0.29) is 23.8 Å². The summed E-state index contributed by atoms with van der Waals surface area (Å²) >= 11 is 0. The summed E-state index contributed by atoms with van der Waals surface area (Å²) in [4.78, 5) is 23.4. The molecule has 23 heavy (non-hydrogen) atoms. The third-order valence-corrected chi connectivity index (χ3v) is 3.82. The van der Waals surface area contributed by atoms with Gasteiger partial charge in [0.25, 0.3) is 0 Å². The Labute approximate surface area is 137 Å². The Kier molecular flexibility index (Phi) is 5.55. The molecule has 2 amide bonds. The second-order valence-electron chi connectivity index (χ2n) is 6.52. The Morgan fingerprint density at radius 3 is 2.87 bits per heavy atom. The number of anilines is 1. The molecule has 0 aliphatic carbocycles. The van der Waals surface area contributed by atoms with Gasteiger partial charge in [0.05, 0.1) is 18.6 Å². The first-order chi connectivity index (χ1) is 10.9. The van der Waals surface area contributed by atoms with Crippen molar-refractivity contribution in [3.8, 4) is 0 Å². The first-order valence-electron chi connectivity index (χ1n) is 7.81. The van der Waals surface area contributed by atoms with Crippen molar-refractivity contribution in [2.75, 3.05) is 18.5 Å². The predicted molar refractivity (Wildman–Crippen MR) is 90.1 cm³/mol. The summed E-state index contributed by atoms with van der Waals surface area (Å²) in [7, 11) is 0. The van der Waals surface area contributed by atoms with Gasteiger partial charge < -0.3 is 15.4 Å². The van der Waals surface area contributed by atoms with Crippen LogP contribution in [0.15, 0.2) is 36.9 Å². The molecule has 1 atom stereocenters. The van der Waals surface area contributed by atoms with E-state index in [9.17, 15) is 9.59 Å². The molecule has 0 bridgehead atoms. The van der Waals surface area contributed by atoms with Crippen molar-refractivity contribution < 1.29 is 14.3 Å². The minimum absolute atomic E-state index is 0.0260. The maximum Gasteiger partial charge on any atom is 0.247 e. The zero-order chi connectivity index (χ0) is 16.9. The van der Waals surface area contributed by atoms with Crippen LogP contribution in [-0.4, -0.2) is 30.6 Å². The number of amides is 2. The maximum absolute atomic E-state index is 12.1. The second-order valence-corrected chi connectivity index (χ2v) is 6.52. The fourth-order valence-corrected chi connectivity index (χ4v) is 2.75. The topological polar surface area (TPSA) is 67.4 Å². The lowest BCUT2D eigenvalue weighted by molar-refractivity contribution is -0.120. The smallest absolute Gasteiger partial charge is 0.247 e. The van der Waals surface area contributed by atoms with Crippen molar-refractivity contribution in [2.45, 2.75) is 32.3 Å². The van der Waals surface area contributed by atoms with Crippen LogP contribution in [0, 0.1) is 5.92 Å². The number of nitrogens with one attached hydrogen (secondary N) is 2. The molecule has 1 aliphatic rings. The number of benzene rings is 1. The maximum atomic E-state index is 12.1. The van der Waals surface area contributed by atoms with Crippen LogP contribution in [0.4, 0.5) is 5.69 Å². The molecule has 1 aliphatic heterocycles. The Bertz CT molecular complexity index is 596. The number of rotatable bonds is 6. The van der Waals surface area contributed by atoms with Gasteiger partial charge >= 0.3 is 0 Å². The van der Waals surface area contributed by atoms with Crippen molar-refractivity contribution in [3.63, 3.8) is 0 Å². The first kappa shape index (κ1) is 17.2. The average Bonchev–Trinajstić information content (AvgIpc) is 2.85. The molecular weight excluding hydrogens is 292 g/mol. The van der Waals surface area contributed by atoms with Gasteiger partial charge in [0.15, 0.2) is 0 Å². The largest absolute Gasteiger partial charge is 0.375 e. The quantitative estimate of drug-likeness (QED) is 0.791. The van der Waals surface area contributed by atoms with Crippen molar-refractivity contribution in [1.82, 2.24) is 5.32 Å². The molecule has 1 unspecified atom stereocenters. The Hall–Kier alpha value is -2.14. The number of carbonyl (C=O) groups is 2. The van der Waals surface area contributed by atoms with Crippen LogP contribution in [0.1, 0.15) is 25.8 Å². The lowest BCUT2D eigenvalue weighted by Gasteiger charge is -2.16. The fraction of sp³-hybridized carbons (Fsp3) is 0.444. The minimum atomic E-state index is -0.268. The lowest BCUT2D eigenvalue weighted by atomic mass is 9.98. The Balaban J connectivity index is 1.82. The molecule has 1 aromatic carbocycles. The summed E-state index contributed by atoms with van der Waals surface area (Å²) in [5.41, 5.74) is 1.42. The molecule has 0 spiro atoms. The highest BCUT2D eigenvalue weighted by molar-refractivity contribution is 5.98. The van der Waals surface area contributed by atoms with Crippen molar-refractivity contribution in [1.29, 1.82) is 0 Å². The van der Waals surface area contributed by atoms with Crippen LogP contribution in [0.3, 0.4) is 0 Å². The van der Waals surface area contributed by atoms with E-state index in [1.165, 1.54) is 6.08 Å². The van der Waals surface area contributed by atoms with E-state index in [4.69, 9.17) is 4.74 Å². The normalized spacial score (nSPS) is 19.1. The molecule has 0 aromatic heterocycles. The van der Waals surface area contributed by atoms with E-state index >= 15 is 0 Å². The van der Waals surface area contributed by atoms with Crippen LogP contribution in [-0.2, 0) is 20.7 Å². The molecule has 1 aromatic rings. The van der Waals surface area contributed by atoms with E-state index in [1.54, 1.807) is 12.1 Å². The summed E-state index contributed by atoms with van der Waals surface area (Å²) in [6.45, 7) is 8.87. The number of hydrogen-bond donors (Lipinski definition) is 2. The Morgan fingerprint density at radius 1 is 1.43 bits per heavy atom. The van der Waals surface area contributed by atoms with E-state index in [0.29, 0.717) is 24.8 Å². The van der Waals surface area contributed by atoms with Gasteiger partial charge in [0.1, 0.15) is 0 Å². The van der Waals surface area contributed by atoms with Gasteiger partial charge in [-0.05, 0) is 44.0 Å². The average molecular weight is 316 g/mol. The number of ether oxygens (including phenoxy) is 1. The van der Waals surface area contributed by atoms with Gasteiger partial charge in [-0.2, -0.15) is 0 Å². The van der Waals surface area contributed by atoms with Crippen molar-refractivity contribution in [3.05, 3.63) is 42.5 Å². The summed E-state index contributed by atoms with van der Waals surface area (Å²) in [5.74, 6) is 0.0736. The summed E-state index contributed by atoms with van der Waals surface area (Å²) in [5, 5.41) is 5.65. The highest BCUT2D eigenvalue weighted by Crippen LogP contribution is 2.28. The molecule has 2 N–H and O–H groups in total. The van der Waals surface area contributed by atoms with Crippen LogP contribution < -0.4 is 10.6 Å². The third-order valence-electron chi connectivity index (χ3n) is 3.82. The lowest BCUT2D eigenvalue weighted by Crippen LogP contribution is -2.31. The van der Waals surface area contributed by atoms with Gasteiger partial charge in [0, 0.05) is 18.2 Å². The highest BCUT2D eigenvalue weighted by Gasteiger charge is 2.31. The summed E-state index contributed by atoms with van der Waals surface area (Å²) in [6, 6.07) is 7.25. The molecule has 0 saturated carbocycles. The van der Waals surface area contributed by atoms with E-state index in [0.717, 1.165) is 12.0 Å². The summed E-state index contributed by atoms with van der Waals surface area (Å²) < 4.78 is 5.67. The van der Waals surface area contributed by atoms with Crippen molar-refractivity contribution >= 4 is 17.5 Å². The van der Waals surface area contributed by atoms with Gasteiger partial charge in [-0.15, -0.1) is 0 Å². The predicted octanol–water partition coefficient (Wildman–Crippen LogP) is 2.28. The molecular formula is C18H24N2O3. The zero-order valence-corrected chi connectivity index (χ0v) is 13.7. The van der Waals surface area contributed by atoms with Crippen LogP contribution in [0.25, 0.3) is 0 Å². The van der Waals surface area contributed by atoms with Crippen LogP contribution in [0.2, 0.25) is 0 Å². The monoisotopic (exact) mass is 316 g/mol. The highest BCUT2D eigenvalue weighted by atomic mass is 16.5. The first-order valence-corrected chi connectivity index (χ1v) is 7.81. The van der Waals surface area contributed by atoms with E-state index < -0.39 is 0 Å². The molecule has 1 saturated heterocycles. The van der Waals surface area contributed by atoms with E-state index in [1.807, 2.05) is 12.1 Å². The zero-order valence-electron chi connectivity index (χ0n) is 13.7. The molecule has 5 nitrogen and oxygen atoms in total. The minimum Gasteiger partial charge on any atom is -0.375 e. The number of hydrogen-bond acceptors (Lipinski definition) is 3. The van der Waals surface area contributed by atoms with Gasteiger partial charge in [-0.1, -0.05) is 18.7 Å². The molecule has 0 radical (unpaired) electrons. The third kappa shape index (κ3) is 5.53. The molecule has 1 heterocycles. The standard InChI is InChI=1S/C18H24N2O3/c1-4-16(21)20-15-7-5-6-13(8-15)9-17(22)19-11-14-10-18(2,3)23-12-14/h4-8,14H,1,9-12H2,2-3H3,(H,19,22)(H,20,21). The van der Waals surface area contributed by atoms with Crippen LogP contribution >= 0.6 is 0 Å². The molecule has 1 fully saturated rings. The van der Waals surface area contributed by atoms with Gasteiger partial charge in [0.2, 0.25) is 11.8 Å². The van der Waals surface area contributed by atoms with Gasteiger partial charge in [-0.3, -0.25) is 9.59 Å². The van der Waals surface area contributed by atoms with E-state index in [2.05, 4.69) is 31.1 Å². The van der Waals surface area contributed by atoms with Crippen molar-refractivity contribution in [2.24, 2.45) is 5.92 Å². The van der Waals surface area contributed by atoms with Gasteiger partial charge in [-0.25, -0.2) is 0 Å². The summed E-state index contributed by atoms with van der Waals surface area (Å²) in [6.07, 6.45) is 2.45. The fourth-order valence-electron chi connectivity index (χ4n) is 2.75.